The number of morpholine rings is 1. The minimum atomic E-state index is -0.0930. The Hall–Kier alpha value is -1.58. The number of aryl methyl sites for hydroxylation is 1. The lowest BCUT2D eigenvalue weighted by molar-refractivity contribution is -0.0371. The predicted octanol–water partition coefficient (Wildman–Crippen LogP) is 1.19. The van der Waals surface area contributed by atoms with Crippen molar-refractivity contribution in [1.82, 2.24) is 30.3 Å². The molecule has 3 heterocycles. The van der Waals surface area contributed by atoms with E-state index in [4.69, 9.17) is 9.47 Å². The minimum absolute atomic E-state index is 0.0930. The molecule has 9 heteroatoms. The first-order valence-electron chi connectivity index (χ1n) is 7.48. The quantitative estimate of drug-likeness (QED) is 0.853. The third-order valence-corrected chi connectivity index (χ3v) is 4.22. The van der Waals surface area contributed by atoms with E-state index in [0.717, 1.165) is 42.7 Å². The SMILES string of the molecule is CCOc1nnc(CN2CCOC(c3n[nH]c(CC)n3)C2)s1. The van der Waals surface area contributed by atoms with Crippen molar-refractivity contribution in [3.8, 4) is 5.19 Å². The van der Waals surface area contributed by atoms with Crippen LogP contribution in [0, 0.1) is 0 Å². The molecule has 1 atom stereocenters. The van der Waals surface area contributed by atoms with Gasteiger partial charge < -0.3 is 9.47 Å². The van der Waals surface area contributed by atoms with Crippen LogP contribution in [0.3, 0.4) is 0 Å². The minimum Gasteiger partial charge on any atom is -0.469 e. The van der Waals surface area contributed by atoms with Crippen LogP contribution in [-0.2, 0) is 17.7 Å². The van der Waals surface area contributed by atoms with Gasteiger partial charge in [0.1, 0.15) is 16.9 Å². The zero-order valence-corrected chi connectivity index (χ0v) is 13.6. The second-order valence-corrected chi connectivity index (χ2v) is 6.01. The van der Waals surface area contributed by atoms with Crippen molar-refractivity contribution in [1.29, 1.82) is 0 Å². The number of aromatic nitrogens is 5. The van der Waals surface area contributed by atoms with E-state index in [1.54, 1.807) is 0 Å². The van der Waals surface area contributed by atoms with Crippen LogP contribution in [0.2, 0.25) is 0 Å². The highest BCUT2D eigenvalue weighted by atomic mass is 32.1. The molecule has 3 rings (SSSR count). The summed E-state index contributed by atoms with van der Waals surface area (Å²) >= 11 is 1.49. The molecule has 1 N–H and O–H groups in total. The van der Waals surface area contributed by atoms with E-state index < -0.39 is 0 Å². The third kappa shape index (κ3) is 3.60. The van der Waals surface area contributed by atoms with E-state index in [1.807, 2.05) is 13.8 Å². The van der Waals surface area contributed by atoms with Crippen LogP contribution in [0.5, 0.6) is 5.19 Å². The smallest absolute Gasteiger partial charge is 0.294 e. The highest BCUT2D eigenvalue weighted by Gasteiger charge is 2.26. The van der Waals surface area contributed by atoms with E-state index in [0.29, 0.717) is 18.4 Å². The van der Waals surface area contributed by atoms with Gasteiger partial charge in [-0.3, -0.25) is 10.00 Å². The number of nitrogens with zero attached hydrogens (tertiary/aromatic N) is 5. The lowest BCUT2D eigenvalue weighted by Crippen LogP contribution is -2.38. The summed E-state index contributed by atoms with van der Waals surface area (Å²) in [4.78, 5) is 6.74. The number of hydrogen-bond donors (Lipinski definition) is 1. The maximum Gasteiger partial charge on any atom is 0.294 e. The normalized spacial score (nSPS) is 19.5. The summed E-state index contributed by atoms with van der Waals surface area (Å²) in [6, 6.07) is 0. The Kier molecular flexibility index (Phi) is 4.96. The Labute approximate surface area is 132 Å². The fraction of sp³-hybridized carbons (Fsp3) is 0.692. The Bertz CT molecular complexity index is 601. The summed E-state index contributed by atoms with van der Waals surface area (Å²) in [6.45, 7) is 7.63. The van der Waals surface area contributed by atoms with Gasteiger partial charge in [-0.15, -0.1) is 10.2 Å². The molecule has 1 aliphatic rings. The second kappa shape index (κ2) is 7.12. The summed E-state index contributed by atoms with van der Waals surface area (Å²) < 4.78 is 11.1. The first-order chi connectivity index (χ1) is 10.8. The topological polar surface area (TPSA) is 89.0 Å². The van der Waals surface area contributed by atoms with Gasteiger partial charge in [-0.2, -0.15) is 5.10 Å². The van der Waals surface area contributed by atoms with Gasteiger partial charge in [0.05, 0.1) is 19.8 Å². The second-order valence-electron chi connectivity index (χ2n) is 4.98. The molecule has 0 bridgehead atoms. The van der Waals surface area contributed by atoms with E-state index >= 15 is 0 Å². The van der Waals surface area contributed by atoms with Crippen LogP contribution in [0.1, 0.15) is 36.6 Å². The average Bonchev–Trinajstić information content (AvgIpc) is 3.17. The van der Waals surface area contributed by atoms with E-state index in [2.05, 4.69) is 30.3 Å². The lowest BCUT2D eigenvalue weighted by Gasteiger charge is -2.30. The Morgan fingerprint density at radius 3 is 3.09 bits per heavy atom. The molecule has 2 aromatic heterocycles. The van der Waals surface area contributed by atoms with Gasteiger partial charge in [-0.1, -0.05) is 18.3 Å². The molecule has 0 radical (unpaired) electrons. The molecular formula is C13H20N6O2S. The van der Waals surface area contributed by atoms with Crippen molar-refractivity contribution in [2.45, 2.75) is 32.9 Å². The molecule has 1 aliphatic heterocycles. The Morgan fingerprint density at radius 2 is 2.32 bits per heavy atom. The highest BCUT2D eigenvalue weighted by Crippen LogP contribution is 2.23. The molecule has 0 saturated carbocycles. The van der Waals surface area contributed by atoms with Crippen molar-refractivity contribution in [2.75, 3.05) is 26.3 Å². The summed E-state index contributed by atoms with van der Waals surface area (Å²) in [6.07, 6.45) is 0.749. The van der Waals surface area contributed by atoms with E-state index in [9.17, 15) is 0 Å². The van der Waals surface area contributed by atoms with Crippen molar-refractivity contribution in [3.63, 3.8) is 0 Å². The standard InChI is InChI=1S/C13H20N6O2S/c1-3-10-14-12(17-15-10)9-7-19(5-6-21-9)8-11-16-18-13(22-11)20-4-2/h9H,3-8H2,1-2H3,(H,14,15,17). The van der Waals surface area contributed by atoms with Gasteiger partial charge in [-0.25, -0.2) is 4.98 Å². The molecule has 0 aliphatic carbocycles. The van der Waals surface area contributed by atoms with Gasteiger partial charge >= 0.3 is 0 Å². The van der Waals surface area contributed by atoms with Crippen LogP contribution in [0.25, 0.3) is 0 Å². The van der Waals surface area contributed by atoms with E-state index in [1.165, 1.54) is 11.3 Å². The number of aromatic amines is 1. The van der Waals surface area contributed by atoms with Gasteiger partial charge in [0.15, 0.2) is 5.82 Å². The van der Waals surface area contributed by atoms with Gasteiger partial charge in [0.25, 0.3) is 5.19 Å². The van der Waals surface area contributed by atoms with Gasteiger partial charge in [0.2, 0.25) is 0 Å². The molecular weight excluding hydrogens is 304 g/mol. The Morgan fingerprint density at radius 1 is 1.41 bits per heavy atom. The number of hydrogen-bond acceptors (Lipinski definition) is 8. The molecule has 8 nitrogen and oxygen atoms in total. The maximum absolute atomic E-state index is 5.79. The number of H-pyrrole nitrogens is 1. The largest absolute Gasteiger partial charge is 0.469 e. The molecule has 1 fully saturated rings. The maximum atomic E-state index is 5.79. The zero-order valence-electron chi connectivity index (χ0n) is 12.8. The van der Waals surface area contributed by atoms with Crippen molar-refractivity contribution in [2.24, 2.45) is 0 Å². The zero-order chi connectivity index (χ0) is 15.4. The predicted molar refractivity (Wildman–Crippen MR) is 80.8 cm³/mol. The molecule has 0 aromatic carbocycles. The summed E-state index contributed by atoms with van der Waals surface area (Å²) in [5.41, 5.74) is 0. The monoisotopic (exact) mass is 324 g/mol. The number of ether oxygens (including phenoxy) is 2. The summed E-state index contributed by atoms with van der Waals surface area (Å²) in [5, 5.41) is 17.0. The first kappa shape index (κ1) is 15.3. The van der Waals surface area contributed by atoms with Gasteiger partial charge in [0, 0.05) is 19.5 Å². The van der Waals surface area contributed by atoms with Crippen LogP contribution < -0.4 is 4.74 Å². The molecule has 120 valence electrons. The first-order valence-corrected chi connectivity index (χ1v) is 8.30. The van der Waals surface area contributed by atoms with Crippen LogP contribution in [0.4, 0.5) is 0 Å². The molecule has 0 amide bonds. The van der Waals surface area contributed by atoms with E-state index in [-0.39, 0.29) is 6.10 Å². The molecule has 0 spiro atoms. The van der Waals surface area contributed by atoms with Crippen LogP contribution in [-0.4, -0.2) is 56.6 Å². The molecule has 2 aromatic rings. The van der Waals surface area contributed by atoms with Crippen molar-refractivity contribution < 1.29 is 9.47 Å². The summed E-state index contributed by atoms with van der Waals surface area (Å²) in [5.74, 6) is 1.62. The summed E-state index contributed by atoms with van der Waals surface area (Å²) in [7, 11) is 0. The fourth-order valence-corrected chi connectivity index (χ4v) is 3.08. The number of nitrogens with one attached hydrogen (secondary N) is 1. The van der Waals surface area contributed by atoms with Crippen LogP contribution in [0.15, 0.2) is 0 Å². The average molecular weight is 324 g/mol. The van der Waals surface area contributed by atoms with Crippen molar-refractivity contribution in [3.05, 3.63) is 16.7 Å². The van der Waals surface area contributed by atoms with Gasteiger partial charge in [-0.05, 0) is 6.92 Å². The third-order valence-electron chi connectivity index (χ3n) is 3.40. The lowest BCUT2D eigenvalue weighted by atomic mass is 10.2. The van der Waals surface area contributed by atoms with Crippen molar-refractivity contribution >= 4 is 11.3 Å². The van der Waals surface area contributed by atoms with Crippen LogP contribution >= 0.6 is 11.3 Å². The molecule has 1 unspecified atom stereocenters. The Balaban J connectivity index is 1.60. The molecule has 22 heavy (non-hydrogen) atoms. The number of rotatable bonds is 6. The fourth-order valence-electron chi connectivity index (χ4n) is 2.29. The highest BCUT2D eigenvalue weighted by molar-refractivity contribution is 7.13. The molecule has 1 saturated heterocycles.